The van der Waals surface area contributed by atoms with E-state index in [4.69, 9.17) is 0 Å². The van der Waals surface area contributed by atoms with Gasteiger partial charge >= 0.3 is 0 Å². The summed E-state index contributed by atoms with van der Waals surface area (Å²) in [5.74, 6) is 0.807. The van der Waals surface area contributed by atoms with E-state index in [0.29, 0.717) is 6.04 Å². The van der Waals surface area contributed by atoms with Crippen molar-refractivity contribution in [1.29, 1.82) is 0 Å². The zero-order valence-corrected chi connectivity index (χ0v) is 11.3. The summed E-state index contributed by atoms with van der Waals surface area (Å²) in [6.45, 7) is 4.16. The van der Waals surface area contributed by atoms with Gasteiger partial charge in [-0.05, 0) is 39.2 Å². The van der Waals surface area contributed by atoms with Crippen LogP contribution < -0.4 is 0 Å². The molecule has 0 spiro atoms. The van der Waals surface area contributed by atoms with Gasteiger partial charge < -0.3 is 5.11 Å². The van der Waals surface area contributed by atoms with Gasteiger partial charge in [-0.1, -0.05) is 39.0 Å². The first-order valence-electron chi connectivity index (χ1n) is 7.06. The second-order valence-corrected chi connectivity index (χ2v) is 5.41. The molecule has 0 aliphatic heterocycles. The molecule has 96 valence electrons. The number of nitrogens with zero attached hydrogens (tertiary/aromatic N) is 1. The second kappa shape index (κ2) is 7.29. The summed E-state index contributed by atoms with van der Waals surface area (Å²) in [5.41, 5.74) is 0. The van der Waals surface area contributed by atoms with Crippen LogP contribution in [0.3, 0.4) is 0 Å². The van der Waals surface area contributed by atoms with Crippen LogP contribution in [0, 0.1) is 5.92 Å². The predicted molar refractivity (Wildman–Crippen MR) is 69.3 cm³/mol. The highest BCUT2D eigenvalue weighted by atomic mass is 16.3. The minimum absolute atomic E-state index is 0.299. The molecule has 0 heterocycles. The van der Waals surface area contributed by atoms with E-state index in [1.807, 2.05) is 6.92 Å². The Kier molecular flexibility index (Phi) is 6.37. The third kappa shape index (κ3) is 4.06. The Bertz CT molecular complexity index is 182. The first-order valence-corrected chi connectivity index (χ1v) is 7.06. The van der Waals surface area contributed by atoms with Crippen molar-refractivity contribution >= 4 is 0 Å². The minimum Gasteiger partial charge on any atom is -0.379 e. The maximum absolute atomic E-state index is 9.73. The number of aliphatic hydroxyl groups excluding tert-OH is 1. The van der Waals surface area contributed by atoms with Crippen molar-refractivity contribution in [2.75, 3.05) is 7.05 Å². The van der Waals surface area contributed by atoms with Gasteiger partial charge in [-0.15, -0.1) is 0 Å². The lowest BCUT2D eigenvalue weighted by Crippen LogP contribution is -2.42. The van der Waals surface area contributed by atoms with Crippen LogP contribution in [0.25, 0.3) is 0 Å². The molecule has 1 saturated carbocycles. The summed E-state index contributed by atoms with van der Waals surface area (Å²) >= 11 is 0. The third-order valence-corrected chi connectivity index (χ3v) is 4.16. The van der Waals surface area contributed by atoms with E-state index in [1.165, 1.54) is 51.4 Å². The van der Waals surface area contributed by atoms with Crippen molar-refractivity contribution < 1.29 is 5.11 Å². The molecule has 0 saturated heterocycles. The largest absolute Gasteiger partial charge is 0.379 e. The monoisotopic (exact) mass is 227 g/mol. The molecule has 1 rings (SSSR count). The Morgan fingerprint density at radius 3 is 2.56 bits per heavy atom. The average molecular weight is 227 g/mol. The molecule has 0 amide bonds. The van der Waals surface area contributed by atoms with Gasteiger partial charge in [0.15, 0.2) is 0 Å². The summed E-state index contributed by atoms with van der Waals surface area (Å²) in [7, 11) is 2.08. The Labute approximate surface area is 101 Å². The van der Waals surface area contributed by atoms with Gasteiger partial charge in [0, 0.05) is 6.04 Å². The molecule has 1 aliphatic rings. The number of aliphatic hydroxyl groups is 1. The zero-order valence-electron chi connectivity index (χ0n) is 11.3. The molecule has 0 radical (unpaired) electrons. The van der Waals surface area contributed by atoms with Gasteiger partial charge in [-0.2, -0.15) is 0 Å². The Balaban J connectivity index is 2.57. The Morgan fingerprint density at radius 1 is 1.25 bits per heavy atom. The van der Waals surface area contributed by atoms with E-state index in [0.717, 1.165) is 5.92 Å². The fourth-order valence-electron chi connectivity index (χ4n) is 2.98. The molecule has 16 heavy (non-hydrogen) atoms. The van der Waals surface area contributed by atoms with E-state index in [9.17, 15) is 5.11 Å². The van der Waals surface area contributed by atoms with Crippen LogP contribution >= 0.6 is 0 Å². The van der Waals surface area contributed by atoms with Crippen LogP contribution in [0.5, 0.6) is 0 Å². The number of hydrogen-bond acceptors (Lipinski definition) is 2. The van der Waals surface area contributed by atoms with E-state index in [-0.39, 0.29) is 6.23 Å². The molecule has 1 N–H and O–H groups in total. The Morgan fingerprint density at radius 2 is 1.94 bits per heavy atom. The summed E-state index contributed by atoms with van der Waals surface area (Å²) in [5, 5.41) is 9.73. The average Bonchev–Trinajstić information content (AvgIpc) is 2.50. The van der Waals surface area contributed by atoms with Crippen LogP contribution in [-0.2, 0) is 0 Å². The van der Waals surface area contributed by atoms with Gasteiger partial charge in [0.25, 0.3) is 0 Å². The molecule has 3 atom stereocenters. The zero-order chi connectivity index (χ0) is 12.0. The lowest BCUT2D eigenvalue weighted by atomic mass is 9.89. The van der Waals surface area contributed by atoms with E-state index in [2.05, 4.69) is 18.9 Å². The second-order valence-electron chi connectivity index (χ2n) is 5.41. The van der Waals surface area contributed by atoms with E-state index >= 15 is 0 Å². The summed E-state index contributed by atoms with van der Waals surface area (Å²) in [6, 6.07) is 0.606. The third-order valence-electron chi connectivity index (χ3n) is 4.16. The first-order chi connectivity index (χ1) is 7.66. The molecule has 0 aromatic heterocycles. The molecule has 0 aromatic carbocycles. The molecule has 0 aromatic rings. The highest BCUT2D eigenvalue weighted by Gasteiger charge is 2.28. The topological polar surface area (TPSA) is 23.5 Å². The standard InChI is InChI=1S/C14H29NO/c1-4-5-9-13-10-7-6-8-11-14(13)15(3)12(2)16/h12-14,16H,4-11H2,1-3H3. The van der Waals surface area contributed by atoms with Gasteiger partial charge in [0.05, 0.1) is 0 Å². The smallest absolute Gasteiger partial charge is 0.104 e. The van der Waals surface area contributed by atoms with Gasteiger partial charge in [0.1, 0.15) is 6.23 Å². The molecular weight excluding hydrogens is 198 g/mol. The maximum atomic E-state index is 9.73. The van der Waals surface area contributed by atoms with Gasteiger partial charge in [-0.3, -0.25) is 4.90 Å². The molecule has 0 bridgehead atoms. The molecular formula is C14H29NO. The van der Waals surface area contributed by atoms with E-state index < -0.39 is 0 Å². The maximum Gasteiger partial charge on any atom is 0.104 e. The van der Waals surface area contributed by atoms with Crippen molar-refractivity contribution in [2.24, 2.45) is 5.92 Å². The lowest BCUT2D eigenvalue weighted by Gasteiger charge is -2.35. The summed E-state index contributed by atoms with van der Waals surface area (Å²) < 4.78 is 0. The van der Waals surface area contributed by atoms with Crippen LogP contribution in [0.2, 0.25) is 0 Å². The van der Waals surface area contributed by atoms with E-state index in [1.54, 1.807) is 0 Å². The van der Waals surface area contributed by atoms with Crippen molar-refractivity contribution in [3.63, 3.8) is 0 Å². The van der Waals surface area contributed by atoms with Crippen LogP contribution in [-0.4, -0.2) is 29.3 Å². The van der Waals surface area contributed by atoms with Crippen molar-refractivity contribution in [3.05, 3.63) is 0 Å². The summed E-state index contributed by atoms with van der Waals surface area (Å²) in [4.78, 5) is 2.19. The van der Waals surface area contributed by atoms with Gasteiger partial charge in [-0.25, -0.2) is 0 Å². The molecule has 2 heteroatoms. The summed E-state index contributed by atoms with van der Waals surface area (Å²) in [6.07, 6.45) is 10.4. The lowest BCUT2D eigenvalue weighted by molar-refractivity contribution is -0.0132. The highest BCUT2D eigenvalue weighted by molar-refractivity contribution is 4.81. The first kappa shape index (κ1) is 14.0. The number of unbranched alkanes of at least 4 members (excludes halogenated alkanes) is 1. The van der Waals surface area contributed by atoms with Gasteiger partial charge in [0.2, 0.25) is 0 Å². The van der Waals surface area contributed by atoms with Crippen LogP contribution in [0.4, 0.5) is 0 Å². The molecule has 2 nitrogen and oxygen atoms in total. The molecule has 3 unspecified atom stereocenters. The number of rotatable bonds is 5. The van der Waals surface area contributed by atoms with Crippen LogP contribution in [0.1, 0.15) is 65.2 Å². The minimum atomic E-state index is -0.299. The predicted octanol–water partition coefficient (Wildman–Crippen LogP) is 3.40. The quantitative estimate of drug-likeness (QED) is 0.575. The van der Waals surface area contributed by atoms with Crippen molar-refractivity contribution in [2.45, 2.75) is 77.5 Å². The fraction of sp³-hybridized carbons (Fsp3) is 1.00. The fourth-order valence-corrected chi connectivity index (χ4v) is 2.98. The van der Waals surface area contributed by atoms with Crippen LogP contribution in [0.15, 0.2) is 0 Å². The molecule has 1 aliphatic carbocycles. The highest BCUT2D eigenvalue weighted by Crippen LogP contribution is 2.31. The SMILES string of the molecule is CCCCC1CCCCCC1N(C)C(C)O. The van der Waals surface area contributed by atoms with Crippen molar-refractivity contribution in [1.82, 2.24) is 4.90 Å². The van der Waals surface area contributed by atoms with Crippen molar-refractivity contribution in [3.8, 4) is 0 Å². The Hall–Kier alpha value is -0.0800. The molecule has 1 fully saturated rings. The number of hydrogen-bond donors (Lipinski definition) is 1. The normalized spacial score (nSPS) is 29.1.